The topological polar surface area (TPSA) is 61.7 Å². The van der Waals surface area contributed by atoms with Gasteiger partial charge in [-0.15, -0.1) is 0 Å². The molecular formula is C23H31NO3. The summed E-state index contributed by atoms with van der Waals surface area (Å²) in [5.41, 5.74) is 3.07. The summed E-state index contributed by atoms with van der Waals surface area (Å²) in [6, 6.07) is 16.0. The summed E-state index contributed by atoms with van der Waals surface area (Å²) < 4.78 is 5.20. The van der Waals surface area contributed by atoms with Gasteiger partial charge in [0, 0.05) is 11.6 Å². The molecule has 1 fully saturated rings. The van der Waals surface area contributed by atoms with Gasteiger partial charge in [-0.05, 0) is 68.4 Å². The first-order valence-electron chi connectivity index (χ1n) is 9.65. The molecule has 4 heteroatoms. The molecule has 0 bridgehead atoms. The fourth-order valence-corrected chi connectivity index (χ4v) is 3.95. The van der Waals surface area contributed by atoms with E-state index in [4.69, 9.17) is 4.74 Å². The third-order valence-electron chi connectivity index (χ3n) is 5.31. The van der Waals surface area contributed by atoms with Crippen molar-refractivity contribution in [2.24, 2.45) is 5.92 Å². The summed E-state index contributed by atoms with van der Waals surface area (Å²) in [5, 5.41) is 24.7. The fourth-order valence-electron chi connectivity index (χ4n) is 3.95. The maximum absolute atomic E-state index is 10.8. The zero-order chi connectivity index (χ0) is 19.6. The van der Waals surface area contributed by atoms with Crippen LogP contribution < -0.4 is 10.1 Å². The molecule has 1 aliphatic carbocycles. The van der Waals surface area contributed by atoms with E-state index in [-0.39, 0.29) is 17.5 Å². The van der Waals surface area contributed by atoms with Gasteiger partial charge in [0.1, 0.15) is 5.75 Å². The summed E-state index contributed by atoms with van der Waals surface area (Å²) in [6.45, 7) is 6.30. The summed E-state index contributed by atoms with van der Waals surface area (Å²) in [7, 11) is 1.66. The highest BCUT2D eigenvalue weighted by molar-refractivity contribution is 5.64. The molecule has 27 heavy (non-hydrogen) atoms. The Bertz CT molecular complexity index is 734. The fraction of sp³-hybridized carbons (Fsp3) is 0.478. The quantitative estimate of drug-likeness (QED) is 0.747. The Balaban J connectivity index is 1.67. The molecule has 4 atom stereocenters. The zero-order valence-corrected chi connectivity index (χ0v) is 16.6. The molecule has 2 aromatic rings. The minimum absolute atomic E-state index is 0.0308. The van der Waals surface area contributed by atoms with Crippen LogP contribution in [0.25, 0.3) is 11.1 Å². The van der Waals surface area contributed by atoms with Gasteiger partial charge in [0.05, 0.1) is 19.3 Å². The number of aliphatic hydroxyl groups excluding tert-OH is 2. The molecule has 146 valence electrons. The number of benzene rings is 2. The summed E-state index contributed by atoms with van der Waals surface area (Å²) in [6.07, 6.45) is 0.424. The highest BCUT2D eigenvalue weighted by Gasteiger charge is 2.38. The van der Waals surface area contributed by atoms with Gasteiger partial charge < -0.3 is 20.3 Å². The first-order chi connectivity index (χ1) is 12.8. The summed E-state index contributed by atoms with van der Waals surface area (Å²) in [5.74, 6) is 0.899. The van der Waals surface area contributed by atoms with Crippen LogP contribution in [0.4, 0.5) is 0 Å². The number of aliphatic hydroxyl groups is 2. The van der Waals surface area contributed by atoms with Crippen LogP contribution in [0, 0.1) is 5.92 Å². The van der Waals surface area contributed by atoms with E-state index < -0.39 is 12.2 Å². The SMILES string of the molecule is COc1ccc(-c2ccc(C(O)[C@H]3C[C@@H](O)[C@H](NC(C)(C)C)C3)cc2)cc1. The van der Waals surface area contributed by atoms with Gasteiger partial charge in [0.2, 0.25) is 0 Å². The second-order valence-electron chi connectivity index (χ2n) is 8.60. The number of hydrogen-bond donors (Lipinski definition) is 3. The molecule has 4 nitrogen and oxygen atoms in total. The van der Waals surface area contributed by atoms with Gasteiger partial charge in [-0.2, -0.15) is 0 Å². The van der Waals surface area contributed by atoms with Crippen LogP contribution in [-0.2, 0) is 0 Å². The lowest BCUT2D eigenvalue weighted by Gasteiger charge is -2.28. The molecular weight excluding hydrogens is 338 g/mol. The van der Waals surface area contributed by atoms with Crippen LogP contribution >= 0.6 is 0 Å². The van der Waals surface area contributed by atoms with Gasteiger partial charge >= 0.3 is 0 Å². The molecule has 0 saturated heterocycles. The number of hydrogen-bond acceptors (Lipinski definition) is 4. The summed E-state index contributed by atoms with van der Waals surface area (Å²) in [4.78, 5) is 0. The van der Waals surface area contributed by atoms with Crippen LogP contribution in [0.5, 0.6) is 5.75 Å². The third-order valence-corrected chi connectivity index (χ3v) is 5.31. The molecule has 3 rings (SSSR count). The molecule has 0 spiro atoms. The van der Waals surface area contributed by atoms with Gasteiger partial charge in [0.25, 0.3) is 0 Å². The van der Waals surface area contributed by atoms with E-state index in [1.54, 1.807) is 7.11 Å². The van der Waals surface area contributed by atoms with Crippen molar-refractivity contribution in [1.82, 2.24) is 5.32 Å². The Morgan fingerprint density at radius 2 is 1.52 bits per heavy atom. The Morgan fingerprint density at radius 1 is 0.963 bits per heavy atom. The smallest absolute Gasteiger partial charge is 0.118 e. The maximum Gasteiger partial charge on any atom is 0.118 e. The van der Waals surface area contributed by atoms with Gasteiger partial charge in [-0.25, -0.2) is 0 Å². The molecule has 1 aliphatic rings. The summed E-state index contributed by atoms with van der Waals surface area (Å²) >= 11 is 0. The van der Waals surface area contributed by atoms with Crippen molar-refractivity contribution in [2.45, 2.75) is 57.4 Å². The number of ether oxygens (including phenoxy) is 1. The van der Waals surface area contributed by atoms with Crippen LogP contribution in [0.15, 0.2) is 48.5 Å². The van der Waals surface area contributed by atoms with E-state index in [1.807, 2.05) is 48.5 Å². The molecule has 0 aromatic heterocycles. The van der Waals surface area contributed by atoms with Crippen molar-refractivity contribution in [3.63, 3.8) is 0 Å². The van der Waals surface area contributed by atoms with E-state index in [9.17, 15) is 10.2 Å². The minimum atomic E-state index is -0.559. The molecule has 0 radical (unpaired) electrons. The van der Waals surface area contributed by atoms with Gasteiger partial charge in [-0.3, -0.25) is 0 Å². The van der Waals surface area contributed by atoms with Crippen molar-refractivity contribution < 1.29 is 14.9 Å². The molecule has 2 aromatic carbocycles. The number of methoxy groups -OCH3 is 1. The number of nitrogens with one attached hydrogen (secondary N) is 1. The van der Waals surface area contributed by atoms with Crippen molar-refractivity contribution >= 4 is 0 Å². The first-order valence-corrected chi connectivity index (χ1v) is 9.65. The van der Waals surface area contributed by atoms with Crippen molar-refractivity contribution in [2.75, 3.05) is 7.11 Å². The van der Waals surface area contributed by atoms with Gasteiger partial charge in [0.15, 0.2) is 0 Å². The lowest BCUT2D eigenvalue weighted by molar-refractivity contribution is 0.0958. The normalized spacial score (nSPS) is 24.0. The number of rotatable bonds is 5. The van der Waals surface area contributed by atoms with Crippen molar-refractivity contribution in [3.8, 4) is 16.9 Å². The van der Waals surface area contributed by atoms with Gasteiger partial charge in [-0.1, -0.05) is 36.4 Å². The first kappa shape index (κ1) is 19.9. The maximum atomic E-state index is 10.8. The second kappa shape index (κ2) is 8.01. The molecule has 1 saturated carbocycles. The van der Waals surface area contributed by atoms with E-state index in [2.05, 4.69) is 26.1 Å². The Kier molecular flexibility index (Phi) is 5.89. The van der Waals surface area contributed by atoms with Crippen LogP contribution in [0.1, 0.15) is 45.3 Å². The highest BCUT2D eigenvalue weighted by atomic mass is 16.5. The molecule has 3 N–H and O–H groups in total. The van der Waals surface area contributed by atoms with Crippen LogP contribution in [0.3, 0.4) is 0 Å². The lowest BCUT2D eigenvalue weighted by atomic mass is 9.92. The standard InChI is InChI=1S/C23H31NO3/c1-23(2,3)24-20-13-18(14-21(20)25)22(26)17-7-5-15(6-8-17)16-9-11-19(27-4)12-10-16/h5-12,18,20-22,24-26H,13-14H2,1-4H3/t18-,20-,21-,22?/m1/s1. The Morgan fingerprint density at radius 3 is 2.04 bits per heavy atom. The lowest BCUT2D eigenvalue weighted by Crippen LogP contribution is -2.47. The van der Waals surface area contributed by atoms with E-state index in [0.29, 0.717) is 6.42 Å². The largest absolute Gasteiger partial charge is 0.497 e. The van der Waals surface area contributed by atoms with Crippen LogP contribution in [0.2, 0.25) is 0 Å². The molecule has 0 amide bonds. The predicted octanol–water partition coefficient (Wildman–Crippen LogP) is 3.92. The third kappa shape index (κ3) is 4.89. The van der Waals surface area contributed by atoms with Crippen molar-refractivity contribution in [1.29, 1.82) is 0 Å². The van der Waals surface area contributed by atoms with Crippen molar-refractivity contribution in [3.05, 3.63) is 54.1 Å². The minimum Gasteiger partial charge on any atom is -0.497 e. The molecule has 0 aliphatic heterocycles. The second-order valence-corrected chi connectivity index (χ2v) is 8.60. The monoisotopic (exact) mass is 369 g/mol. The highest BCUT2D eigenvalue weighted by Crippen LogP contribution is 2.37. The van der Waals surface area contributed by atoms with E-state index >= 15 is 0 Å². The molecule has 1 unspecified atom stereocenters. The van der Waals surface area contributed by atoms with E-state index in [1.165, 1.54) is 0 Å². The average molecular weight is 370 g/mol. The predicted molar refractivity (Wildman–Crippen MR) is 109 cm³/mol. The average Bonchev–Trinajstić information content (AvgIpc) is 3.00. The zero-order valence-electron chi connectivity index (χ0n) is 16.6. The Hall–Kier alpha value is -1.88. The molecule has 0 heterocycles. The Labute approximate surface area is 162 Å². The van der Waals surface area contributed by atoms with Crippen LogP contribution in [-0.4, -0.2) is 35.0 Å². The van der Waals surface area contributed by atoms with E-state index in [0.717, 1.165) is 28.9 Å².